The fraction of sp³-hybridized carbons (Fsp3) is 0.400. The van der Waals surface area contributed by atoms with Gasteiger partial charge in [0, 0.05) is 42.8 Å². The summed E-state index contributed by atoms with van der Waals surface area (Å²) in [6, 6.07) is 19.5. The Bertz CT molecular complexity index is 1410. The van der Waals surface area contributed by atoms with E-state index in [1.165, 1.54) is 29.9 Å². The van der Waals surface area contributed by atoms with Crippen LogP contribution in [-0.4, -0.2) is 68.2 Å². The monoisotopic (exact) mass is 535 g/mol. The molecule has 3 aromatic rings. The van der Waals surface area contributed by atoms with Crippen LogP contribution in [0.2, 0.25) is 0 Å². The third kappa shape index (κ3) is 4.71. The topological polar surface area (TPSA) is 96.1 Å². The van der Waals surface area contributed by atoms with E-state index in [4.69, 9.17) is 10.5 Å². The van der Waals surface area contributed by atoms with Crippen molar-refractivity contribution in [3.8, 4) is 16.9 Å². The van der Waals surface area contributed by atoms with E-state index in [-0.39, 0.29) is 35.3 Å². The lowest BCUT2D eigenvalue weighted by Gasteiger charge is -2.57. The predicted molar refractivity (Wildman–Crippen MR) is 151 cm³/mol. The van der Waals surface area contributed by atoms with Crippen LogP contribution in [-0.2, 0) is 10.0 Å². The van der Waals surface area contributed by atoms with E-state index in [0.29, 0.717) is 18.8 Å². The number of aliphatic hydroxyl groups is 1. The molecular formula is C30H37N3O4S. The summed E-state index contributed by atoms with van der Waals surface area (Å²) in [6.07, 6.45) is 1.63. The van der Waals surface area contributed by atoms with Crippen molar-refractivity contribution in [2.75, 3.05) is 39.1 Å². The number of benzene rings is 3. The zero-order valence-electron chi connectivity index (χ0n) is 22.3. The molecule has 2 heterocycles. The minimum atomic E-state index is -3.80. The first-order valence-corrected chi connectivity index (χ1v) is 14.7. The van der Waals surface area contributed by atoms with Gasteiger partial charge in [-0.05, 0) is 73.2 Å². The molecule has 0 aromatic heterocycles. The van der Waals surface area contributed by atoms with Gasteiger partial charge in [0.15, 0.2) is 0 Å². The second-order valence-corrected chi connectivity index (χ2v) is 12.3. The number of nitrogen functional groups attached to an aromatic ring is 1. The van der Waals surface area contributed by atoms with Crippen LogP contribution in [0.4, 0.5) is 5.69 Å². The number of hydrogen-bond acceptors (Lipinski definition) is 6. The van der Waals surface area contributed by atoms with Crippen molar-refractivity contribution in [3.63, 3.8) is 0 Å². The van der Waals surface area contributed by atoms with Crippen LogP contribution >= 0.6 is 0 Å². The second-order valence-electron chi connectivity index (χ2n) is 10.4. The Morgan fingerprint density at radius 1 is 1.03 bits per heavy atom. The molecule has 8 heteroatoms. The molecule has 2 aliphatic heterocycles. The van der Waals surface area contributed by atoms with Crippen LogP contribution in [0, 0.1) is 13.8 Å². The summed E-state index contributed by atoms with van der Waals surface area (Å²) in [7, 11) is -2.34. The maximum Gasteiger partial charge on any atom is 0.246 e. The van der Waals surface area contributed by atoms with Gasteiger partial charge in [0.05, 0.1) is 13.7 Å². The quantitative estimate of drug-likeness (QED) is 0.460. The molecule has 38 heavy (non-hydrogen) atoms. The molecule has 2 aliphatic rings. The Morgan fingerprint density at radius 2 is 1.76 bits per heavy atom. The van der Waals surface area contributed by atoms with Crippen LogP contribution in [0.3, 0.4) is 0 Å². The van der Waals surface area contributed by atoms with Gasteiger partial charge in [-0.15, -0.1) is 0 Å². The maximum absolute atomic E-state index is 13.8. The number of nitrogens with two attached hydrogens (primary N) is 1. The summed E-state index contributed by atoms with van der Waals surface area (Å²) in [6.45, 7) is 5.96. The lowest BCUT2D eigenvalue weighted by atomic mass is 9.74. The van der Waals surface area contributed by atoms with Crippen molar-refractivity contribution >= 4 is 15.7 Å². The molecule has 7 nitrogen and oxygen atoms in total. The Kier molecular flexibility index (Phi) is 7.51. The van der Waals surface area contributed by atoms with E-state index < -0.39 is 10.0 Å². The number of aliphatic hydroxyl groups excluding tert-OH is 1. The minimum Gasteiger partial charge on any atom is -0.495 e. The first kappa shape index (κ1) is 26.7. The first-order valence-electron chi connectivity index (χ1n) is 13.2. The molecule has 3 aromatic carbocycles. The Labute approximate surface area is 225 Å². The molecule has 2 saturated heterocycles. The van der Waals surface area contributed by atoms with Gasteiger partial charge in [0.2, 0.25) is 10.0 Å². The number of methoxy groups -OCH3 is 1. The van der Waals surface area contributed by atoms with Gasteiger partial charge in [0.1, 0.15) is 10.6 Å². The van der Waals surface area contributed by atoms with E-state index in [1.54, 1.807) is 16.4 Å². The fourth-order valence-corrected chi connectivity index (χ4v) is 7.75. The SMILES string of the molecule is COc1cc(N)ccc1S(=O)(=O)N1CCCCN2C(C1)[C@H](c1ccc(-c3cccc(C)c3C)cc1)[C@H]2CO. The molecule has 1 unspecified atom stereocenters. The highest BCUT2D eigenvalue weighted by atomic mass is 32.2. The van der Waals surface area contributed by atoms with E-state index in [0.717, 1.165) is 30.5 Å². The Balaban J connectivity index is 1.45. The summed E-state index contributed by atoms with van der Waals surface area (Å²) in [4.78, 5) is 2.42. The van der Waals surface area contributed by atoms with E-state index >= 15 is 0 Å². The smallest absolute Gasteiger partial charge is 0.246 e. The van der Waals surface area contributed by atoms with Crippen LogP contribution in [0.25, 0.3) is 11.1 Å². The molecule has 0 bridgehead atoms. The number of sulfonamides is 1. The summed E-state index contributed by atoms with van der Waals surface area (Å²) in [5.41, 5.74) is 12.4. The van der Waals surface area contributed by atoms with Gasteiger partial charge in [-0.1, -0.05) is 42.5 Å². The zero-order valence-corrected chi connectivity index (χ0v) is 23.1. The number of fused-ring (bicyclic) bond motifs is 1. The van der Waals surface area contributed by atoms with Gasteiger partial charge in [-0.2, -0.15) is 4.31 Å². The highest BCUT2D eigenvalue weighted by Crippen LogP contribution is 2.43. The Morgan fingerprint density at radius 3 is 2.47 bits per heavy atom. The molecule has 2 fully saturated rings. The fourth-order valence-electron chi connectivity index (χ4n) is 6.11. The third-order valence-electron chi connectivity index (χ3n) is 8.35. The number of hydrogen-bond donors (Lipinski definition) is 2. The molecular weight excluding hydrogens is 498 g/mol. The van der Waals surface area contributed by atoms with Crippen molar-refractivity contribution in [2.45, 2.75) is 49.6 Å². The molecule has 5 rings (SSSR count). The molecule has 0 spiro atoms. The average Bonchev–Trinajstić information content (AvgIpc) is 2.89. The standard InChI is InChI=1S/C30H37N3O4S/c1-20-7-6-8-25(21(20)2)22-9-11-23(12-10-22)30-26-18-32(15-4-5-16-33(26)27(30)19-34)38(35,36)29-14-13-24(31)17-28(29)37-3/h6-14,17,26-27,30,34H,4-5,15-16,18-19,31H2,1-3H3/t26?,27-,30+/m1/s1. The highest BCUT2D eigenvalue weighted by molar-refractivity contribution is 7.89. The van der Waals surface area contributed by atoms with Gasteiger partial charge < -0.3 is 15.6 Å². The van der Waals surface area contributed by atoms with E-state index in [2.05, 4.69) is 61.2 Å². The second kappa shape index (κ2) is 10.7. The largest absolute Gasteiger partial charge is 0.495 e. The number of anilines is 1. The summed E-state index contributed by atoms with van der Waals surface area (Å²) in [5.74, 6) is 0.293. The third-order valence-corrected chi connectivity index (χ3v) is 10.3. The molecule has 3 atom stereocenters. The molecule has 0 saturated carbocycles. The van der Waals surface area contributed by atoms with E-state index in [9.17, 15) is 13.5 Å². The first-order chi connectivity index (χ1) is 18.3. The molecule has 0 radical (unpaired) electrons. The maximum atomic E-state index is 13.8. The summed E-state index contributed by atoms with van der Waals surface area (Å²) in [5, 5.41) is 10.3. The lowest BCUT2D eigenvalue weighted by Crippen LogP contribution is -2.67. The average molecular weight is 536 g/mol. The lowest BCUT2D eigenvalue weighted by molar-refractivity contribution is -0.0553. The van der Waals surface area contributed by atoms with Crippen LogP contribution in [0.5, 0.6) is 5.75 Å². The van der Waals surface area contributed by atoms with Crippen LogP contribution in [0.1, 0.15) is 35.4 Å². The predicted octanol–water partition coefficient (Wildman–Crippen LogP) is 4.17. The summed E-state index contributed by atoms with van der Waals surface area (Å²) >= 11 is 0. The molecule has 202 valence electrons. The normalized spacial score (nSPS) is 22.7. The van der Waals surface area contributed by atoms with Gasteiger partial charge in [-0.25, -0.2) is 8.42 Å². The number of nitrogens with zero attached hydrogens (tertiary/aromatic N) is 2. The van der Waals surface area contributed by atoms with Crippen molar-refractivity contribution in [3.05, 3.63) is 77.4 Å². The van der Waals surface area contributed by atoms with Gasteiger partial charge in [0.25, 0.3) is 0 Å². The van der Waals surface area contributed by atoms with Crippen LogP contribution < -0.4 is 10.5 Å². The van der Waals surface area contributed by atoms with Crippen LogP contribution in [0.15, 0.2) is 65.6 Å². The number of aryl methyl sites for hydroxylation is 1. The van der Waals surface area contributed by atoms with E-state index in [1.807, 2.05) is 0 Å². The molecule has 3 N–H and O–H groups in total. The van der Waals surface area contributed by atoms with Crippen molar-refractivity contribution in [1.82, 2.24) is 9.21 Å². The molecule has 0 amide bonds. The minimum absolute atomic E-state index is 0.0199. The van der Waals surface area contributed by atoms with Crippen molar-refractivity contribution in [1.29, 1.82) is 0 Å². The van der Waals surface area contributed by atoms with Crippen molar-refractivity contribution < 1.29 is 18.3 Å². The van der Waals surface area contributed by atoms with Crippen molar-refractivity contribution in [2.24, 2.45) is 0 Å². The number of rotatable bonds is 6. The zero-order chi connectivity index (χ0) is 27.0. The Hall–Kier alpha value is -2.91. The number of ether oxygens (including phenoxy) is 1. The van der Waals surface area contributed by atoms with Gasteiger partial charge in [-0.3, -0.25) is 4.90 Å². The van der Waals surface area contributed by atoms with Gasteiger partial charge >= 0.3 is 0 Å². The summed E-state index contributed by atoms with van der Waals surface area (Å²) < 4.78 is 34.6. The highest BCUT2D eigenvalue weighted by Gasteiger charge is 2.50. The molecule has 0 aliphatic carbocycles.